The zero-order valence-corrected chi connectivity index (χ0v) is 12.7. The molecule has 0 amide bonds. The molecule has 2 N–H and O–H groups in total. The molecule has 2 rings (SSSR count). The Labute approximate surface area is 119 Å². The number of aromatic amines is 1. The van der Waals surface area contributed by atoms with Gasteiger partial charge in [-0.25, -0.2) is 18.1 Å². The van der Waals surface area contributed by atoms with Crippen LogP contribution in [0.4, 0.5) is 0 Å². The number of imidazole rings is 1. The molecule has 1 fully saturated rings. The van der Waals surface area contributed by atoms with Gasteiger partial charge in [0.15, 0.2) is 5.03 Å². The molecule has 0 radical (unpaired) electrons. The van der Waals surface area contributed by atoms with Crippen LogP contribution in [0.25, 0.3) is 0 Å². The smallest absolute Gasteiger partial charge is 0.257 e. The number of aryl methyl sites for hydroxylation is 1. The predicted molar refractivity (Wildman–Crippen MR) is 75.0 cm³/mol. The summed E-state index contributed by atoms with van der Waals surface area (Å²) in [6.07, 6.45) is 2.04. The highest BCUT2D eigenvalue weighted by Gasteiger charge is 2.21. The minimum absolute atomic E-state index is 0.128. The van der Waals surface area contributed by atoms with Crippen molar-refractivity contribution in [3.8, 4) is 0 Å². The summed E-state index contributed by atoms with van der Waals surface area (Å²) in [6.45, 7) is 7.57. The van der Waals surface area contributed by atoms with E-state index in [9.17, 15) is 8.42 Å². The van der Waals surface area contributed by atoms with Gasteiger partial charge < -0.3 is 9.72 Å². The number of morpholine rings is 1. The van der Waals surface area contributed by atoms with E-state index in [1.54, 1.807) is 0 Å². The molecule has 1 aliphatic rings. The molecule has 0 saturated carbocycles. The Morgan fingerprint density at radius 1 is 1.50 bits per heavy atom. The molecule has 0 bridgehead atoms. The van der Waals surface area contributed by atoms with E-state index in [-0.39, 0.29) is 11.1 Å². The maximum absolute atomic E-state index is 12.2. The minimum Gasteiger partial charge on any atom is -0.379 e. The van der Waals surface area contributed by atoms with Crippen molar-refractivity contribution < 1.29 is 13.2 Å². The van der Waals surface area contributed by atoms with Crippen molar-refractivity contribution >= 4 is 10.0 Å². The van der Waals surface area contributed by atoms with Crippen LogP contribution >= 0.6 is 0 Å². The molecule has 0 spiro atoms. The van der Waals surface area contributed by atoms with Gasteiger partial charge in [-0.3, -0.25) is 4.90 Å². The molecule has 8 heteroatoms. The summed E-state index contributed by atoms with van der Waals surface area (Å²) < 4.78 is 32.3. The number of ether oxygens (including phenoxy) is 1. The van der Waals surface area contributed by atoms with E-state index in [0.29, 0.717) is 32.0 Å². The van der Waals surface area contributed by atoms with Crippen LogP contribution < -0.4 is 4.72 Å². The highest BCUT2D eigenvalue weighted by molar-refractivity contribution is 7.89. The van der Waals surface area contributed by atoms with Gasteiger partial charge in [0.2, 0.25) is 0 Å². The number of nitrogens with one attached hydrogen (secondary N) is 2. The van der Waals surface area contributed by atoms with Crippen LogP contribution in [0.5, 0.6) is 0 Å². The van der Waals surface area contributed by atoms with Crippen LogP contribution in [-0.2, 0) is 21.2 Å². The molecule has 0 aromatic carbocycles. The van der Waals surface area contributed by atoms with Gasteiger partial charge in [0.05, 0.1) is 19.4 Å². The van der Waals surface area contributed by atoms with E-state index in [1.807, 2.05) is 13.8 Å². The lowest BCUT2D eigenvalue weighted by Crippen LogP contribution is -2.46. The number of sulfonamides is 1. The predicted octanol–water partition coefficient (Wildman–Crippen LogP) is -0.0289. The van der Waals surface area contributed by atoms with Gasteiger partial charge >= 0.3 is 0 Å². The van der Waals surface area contributed by atoms with Gasteiger partial charge in [-0.1, -0.05) is 6.92 Å². The Bertz CT molecular complexity index is 523. The monoisotopic (exact) mass is 302 g/mol. The number of rotatable bonds is 6. The second-order valence-corrected chi connectivity index (χ2v) is 6.67. The van der Waals surface area contributed by atoms with Crippen LogP contribution in [0.2, 0.25) is 0 Å². The average molecular weight is 302 g/mol. The molecule has 1 aromatic rings. The minimum atomic E-state index is -3.53. The Kier molecular flexibility index (Phi) is 5.14. The van der Waals surface area contributed by atoms with E-state index >= 15 is 0 Å². The van der Waals surface area contributed by atoms with Gasteiger partial charge in [0, 0.05) is 32.1 Å². The Morgan fingerprint density at radius 3 is 2.80 bits per heavy atom. The summed E-state index contributed by atoms with van der Waals surface area (Å²) in [5.41, 5.74) is 0. The van der Waals surface area contributed by atoms with Crippen LogP contribution in [0.3, 0.4) is 0 Å². The molecule has 0 aliphatic carbocycles. The summed E-state index contributed by atoms with van der Waals surface area (Å²) in [4.78, 5) is 9.03. The van der Waals surface area contributed by atoms with E-state index in [2.05, 4.69) is 19.6 Å². The molecule has 1 aromatic heterocycles. The first kappa shape index (κ1) is 15.4. The Morgan fingerprint density at radius 2 is 2.20 bits per heavy atom. The third-order valence-corrected chi connectivity index (χ3v) is 4.72. The van der Waals surface area contributed by atoms with Crippen molar-refractivity contribution in [2.45, 2.75) is 31.3 Å². The topological polar surface area (TPSA) is 87.3 Å². The van der Waals surface area contributed by atoms with Crippen molar-refractivity contribution in [3.05, 3.63) is 12.0 Å². The van der Waals surface area contributed by atoms with Crippen LogP contribution in [0.1, 0.15) is 19.7 Å². The summed E-state index contributed by atoms with van der Waals surface area (Å²) >= 11 is 0. The van der Waals surface area contributed by atoms with Gasteiger partial charge in [-0.15, -0.1) is 0 Å². The van der Waals surface area contributed by atoms with Crippen LogP contribution in [0.15, 0.2) is 11.2 Å². The molecule has 20 heavy (non-hydrogen) atoms. The largest absolute Gasteiger partial charge is 0.379 e. The number of hydrogen-bond donors (Lipinski definition) is 2. The SMILES string of the molecule is CCc1ncc(S(=O)(=O)N[C@H](C)CN2CCOCC2)[nH]1. The van der Waals surface area contributed by atoms with Gasteiger partial charge in [0.1, 0.15) is 5.82 Å². The fraction of sp³-hybridized carbons (Fsp3) is 0.750. The van der Waals surface area contributed by atoms with E-state index in [1.165, 1.54) is 6.20 Å². The maximum atomic E-state index is 12.2. The fourth-order valence-electron chi connectivity index (χ4n) is 2.20. The molecule has 1 atom stereocenters. The van der Waals surface area contributed by atoms with E-state index in [4.69, 9.17) is 4.74 Å². The van der Waals surface area contributed by atoms with E-state index in [0.717, 1.165) is 13.1 Å². The Hall–Kier alpha value is -0.960. The molecule has 0 unspecified atom stereocenters. The molecule has 7 nitrogen and oxygen atoms in total. The molecular formula is C12H22N4O3S. The fourth-order valence-corrected chi connectivity index (χ4v) is 3.37. The van der Waals surface area contributed by atoms with Crippen LogP contribution in [0, 0.1) is 0 Å². The number of H-pyrrole nitrogens is 1. The molecule has 1 saturated heterocycles. The summed E-state index contributed by atoms with van der Waals surface area (Å²) in [5.74, 6) is 0.672. The maximum Gasteiger partial charge on any atom is 0.257 e. The second kappa shape index (κ2) is 6.66. The first-order chi connectivity index (χ1) is 9.51. The molecule has 1 aliphatic heterocycles. The zero-order chi connectivity index (χ0) is 14.6. The number of aromatic nitrogens is 2. The van der Waals surface area contributed by atoms with Crippen molar-refractivity contribution in [2.24, 2.45) is 0 Å². The first-order valence-electron chi connectivity index (χ1n) is 6.87. The van der Waals surface area contributed by atoms with Crippen molar-refractivity contribution in [2.75, 3.05) is 32.8 Å². The lowest BCUT2D eigenvalue weighted by atomic mass is 10.3. The van der Waals surface area contributed by atoms with Crippen molar-refractivity contribution in [1.29, 1.82) is 0 Å². The average Bonchev–Trinajstić information content (AvgIpc) is 2.88. The normalized spacial score (nSPS) is 19.1. The summed E-state index contributed by atoms with van der Waals surface area (Å²) in [5, 5.41) is 0.128. The third-order valence-electron chi connectivity index (χ3n) is 3.22. The van der Waals surface area contributed by atoms with Gasteiger partial charge in [0.25, 0.3) is 10.0 Å². The van der Waals surface area contributed by atoms with Crippen LogP contribution in [-0.4, -0.2) is 62.2 Å². The third kappa shape index (κ3) is 4.02. The van der Waals surface area contributed by atoms with Crippen molar-refractivity contribution in [1.82, 2.24) is 19.6 Å². The number of nitrogens with zero attached hydrogens (tertiary/aromatic N) is 2. The molecule has 2 heterocycles. The summed E-state index contributed by atoms with van der Waals surface area (Å²) in [7, 11) is -3.53. The molecular weight excluding hydrogens is 280 g/mol. The second-order valence-electron chi connectivity index (χ2n) is 4.98. The highest BCUT2D eigenvalue weighted by Crippen LogP contribution is 2.07. The van der Waals surface area contributed by atoms with Gasteiger partial charge in [-0.05, 0) is 6.92 Å². The highest BCUT2D eigenvalue weighted by atomic mass is 32.2. The summed E-state index contributed by atoms with van der Waals surface area (Å²) in [6, 6.07) is -0.161. The lowest BCUT2D eigenvalue weighted by Gasteiger charge is -2.29. The van der Waals surface area contributed by atoms with E-state index < -0.39 is 10.0 Å². The molecule has 114 valence electrons. The quantitative estimate of drug-likeness (QED) is 0.770. The zero-order valence-electron chi connectivity index (χ0n) is 11.9. The van der Waals surface area contributed by atoms with Crippen molar-refractivity contribution in [3.63, 3.8) is 0 Å². The Balaban J connectivity index is 1.93. The van der Waals surface area contributed by atoms with Gasteiger partial charge in [-0.2, -0.15) is 0 Å². The lowest BCUT2D eigenvalue weighted by molar-refractivity contribution is 0.0354. The number of hydrogen-bond acceptors (Lipinski definition) is 5. The first-order valence-corrected chi connectivity index (χ1v) is 8.36. The standard InChI is InChI=1S/C12H22N4O3S/c1-3-11-13-8-12(14-11)20(17,18)15-10(2)9-16-4-6-19-7-5-16/h8,10,15H,3-7,9H2,1-2H3,(H,13,14)/t10-/m1/s1.